The second-order valence-electron chi connectivity index (χ2n) is 3.62. The summed E-state index contributed by atoms with van der Waals surface area (Å²) in [5, 5.41) is 10.2. The number of thiazole rings is 1. The van der Waals surface area contributed by atoms with E-state index in [0.29, 0.717) is 5.01 Å². The van der Waals surface area contributed by atoms with Crippen molar-refractivity contribution >= 4 is 17.3 Å². The van der Waals surface area contributed by atoms with Crippen molar-refractivity contribution in [1.29, 1.82) is 0 Å². The van der Waals surface area contributed by atoms with Crippen LogP contribution in [0.4, 0.5) is 0 Å². The summed E-state index contributed by atoms with van der Waals surface area (Å²) in [5.74, 6) is -0.123. The van der Waals surface area contributed by atoms with Crippen molar-refractivity contribution in [3.8, 4) is 22.2 Å². The number of hydrogen-bond acceptors (Lipinski definition) is 6. The summed E-state index contributed by atoms with van der Waals surface area (Å²) in [6, 6.07) is 7.20. The minimum absolute atomic E-state index is 0.118. The van der Waals surface area contributed by atoms with Gasteiger partial charge in [-0.15, -0.1) is 11.3 Å². The Morgan fingerprint density at radius 1 is 1.37 bits per heavy atom. The van der Waals surface area contributed by atoms with Crippen molar-refractivity contribution in [3.63, 3.8) is 0 Å². The molecule has 1 N–H and O–H groups in total. The zero-order valence-corrected chi connectivity index (χ0v) is 11.4. The van der Waals surface area contributed by atoms with Gasteiger partial charge in [0.15, 0.2) is 4.88 Å². The van der Waals surface area contributed by atoms with E-state index in [1.807, 2.05) is 12.1 Å². The Morgan fingerprint density at radius 3 is 2.63 bits per heavy atom. The average molecular weight is 279 g/mol. The molecule has 0 spiro atoms. The number of rotatable bonds is 4. The molecule has 0 saturated carbocycles. The molecular formula is C13H13NO4S. The fourth-order valence-corrected chi connectivity index (χ4v) is 2.36. The van der Waals surface area contributed by atoms with E-state index in [9.17, 15) is 9.90 Å². The number of esters is 1. The molecule has 2 rings (SSSR count). The molecule has 0 amide bonds. The van der Waals surface area contributed by atoms with E-state index < -0.39 is 5.97 Å². The standard InChI is InChI=1S/C13H13NO4S/c1-3-18-13(16)10-11(15)14-12(19-10)8-4-6-9(17-2)7-5-8/h4-7,15H,3H2,1-2H3. The first kappa shape index (κ1) is 13.4. The minimum Gasteiger partial charge on any atom is -0.497 e. The summed E-state index contributed by atoms with van der Waals surface area (Å²) in [6.45, 7) is 1.97. The van der Waals surface area contributed by atoms with Gasteiger partial charge in [-0.25, -0.2) is 9.78 Å². The SMILES string of the molecule is CCOC(=O)c1sc(-c2ccc(OC)cc2)nc1O. The van der Waals surface area contributed by atoms with E-state index in [1.165, 1.54) is 0 Å². The van der Waals surface area contributed by atoms with E-state index in [-0.39, 0.29) is 17.4 Å². The molecule has 5 nitrogen and oxygen atoms in total. The molecule has 1 heterocycles. The maximum atomic E-state index is 11.6. The molecule has 0 aliphatic heterocycles. The number of benzene rings is 1. The number of aromatic nitrogens is 1. The van der Waals surface area contributed by atoms with Crippen LogP contribution in [0.5, 0.6) is 11.6 Å². The van der Waals surface area contributed by atoms with Crippen LogP contribution in [0, 0.1) is 0 Å². The van der Waals surface area contributed by atoms with Gasteiger partial charge in [0, 0.05) is 5.56 Å². The molecule has 0 unspecified atom stereocenters. The van der Waals surface area contributed by atoms with Crippen molar-refractivity contribution < 1.29 is 19.4 Å². The first-order valence-corrected chi connectivity index (χ1v) is 6.48. The Labute approximate surface area is 114 Å². The van der Waals surface area contributed by atoms with Crippen LogP contribution in [0.3, 0.4) is 0 Å². The molecule has 0 aliphatic carbocycles. The fourth-order valence-electron chi connectivity index (χ4n) is 1.50. The maximum Gasteiger partial charge on any atom is 0.353 e. The van der Waals surface area contributed by atoms with E-state index >= 15 is 0 Å². The highest BCUT2D eigenvalue weighted by atomic mass is 32.1. The van der Waals surface area contributed by atoms with Gasteiger partial charge in [-0.2, -0.15) is 0 Å². The highest BCUT2D eigenvalue weighted by molar-refractivity contribution is 7.17. The van der Waals surface area contributed by atoms with Crippen LogP contribution < -0.4 is 4.74 Å². The van der Waals surface area contributed by atoms with Crippen molar-refractivity contribution in [2.24, 2.45) is 0 Å². The molecule has 0 radical (unpaired) electrons. The summed E-state index contributed by atoms with van der Waals surface area (Å²) < 4.78 is 9.91. The molecule has 0 fully saturated rings. The maximum absolute atomic E-state index is 11.6. The Morgan fingerprint density at radius 2 is 2.05 bits per heavy atom. The van der Waals surface area contributed by atoms with Gasteiger partial charge in [0.1, 0.15) is 10.8 Å². The molecule has 6 heteroatoms. The summed E-state index contributed by atoms with van der Waals surface area (Å²) >= 11 is 1.10. The van der Waals surface area contributed by atoms with Crippen LogP contribution >= 0.6 is 11.3 Å². The number of nitrogens with zero attached hydrogens (tertiary/aromatic N) is 1. The van der Waals surface area contributed by atoms with Crippen LogP contribution in [0.2, 0.25) is 0 Å². The van der Waals surface area contributed by atoms with Gasteiger partial charge in [0.25, 0.3) is 0 Å². The van der Waals surface area contributed by atoms with Gasteiger partial charge < -0.3 is 14.6 Å². The quantitative estimate of drug-likeness (QED) is 0.871. The molecule has 0 aliphatic rings. The zero-order chi connectivity index (χ0) is 13.8. The van der Waals surface area contributed by atoms with E-state index in [4.69, 9.17) is 9.47 Å². The predicted octanol–water partition coefficient (Wildman–Crippen LogP) is 2.70. The average Bonchev–Trinajstić information content (AvgIpc) is 2.81. The summed E-state index contributed by atoms with van der Waals surface area (Å²) in [6.07, 6.45) is 0. The molecule has 0 bridgehead atoms. The number of methoxy groups -OCH3 is 1. The third-order valence-corrected chi connectivity index (χ3v) is 3.48. The van der Waals surface area contributed by atoms with E-state index in [0.717, 1.165) is 22.6 Å². The van der Waals surface area contributed by atoms with Crippen molar-refractivity contribution in [2.75, 3.05) is 13.7 Å². The number of carbonyl (C=O) groups excluding carboxylic acids is 1. The second kappa shape index (κ2) is 5.71. The molecule has 19 heavy (non-hydrogen) atoms. The monoisotopic (exact) mass is 279 g/mol. The third kappa shape index (κ3) is 2.85. The minimum atomic E-state index is -0.558. The number of ether oxygens (including phenoxy) is 2. The Hall–Kier alpha value is -2.08. The molecule has 2 aromatic rings. The summed E-state index contributed by atoms with van der Waals surface area (Å²) in [7, 11) is 1.59. The smallest absolute Gasteiger partial charge is 0.353 e. The number of carbonyl (C=O) groups is 1. The predicted molar refractivity (Wildman–Crippen MR) is 71.7 cm³/mol. The van der Waals surface area contributed by atoms with Crippen LogP contribution in [-0.4, -0.2) is 29.8 Å². The summed E-state index contributed by atoms with van der Waals surface area (Å²) in [5.41, 5.74) is 0.802. The van der Waals surface area contributed by atoms with Gasteiger partial charge >= 0.3 is 5.97 Å². The van der Waals surface area contributed by atoms with Crippen LogP contribution in [-0.2, 0) is 4.74 Å². The highest BCUT2D eigenvalue weighted by Gasteiger charge is 2.19. The van der Waals surface area contributed by atoms with Gasteiger partial charge in [-0.3, -0.25) is 0 Å². The van der Waals surface area contributed by atoms with Gasteiger partial charge in [-0.05, 0) is 31.2 Å². The molecular weight excluding hydrogens is 266 g/mol. The Bertz CT molecular complexity index is 577. The lowest BCUT2D eigenvalue weighted by atomic mass is 10.2. The number of aromatic hydroxyl groups is 1. The lowest BCUT2D eigenvalue weighted by Gasteiger charge is -1.99. The lowest BCUT2D eigenvalue weighted by molar-refractivity contribution is 0.0528. The first-order chi connectivity index (χ1) is 9.15. The van der Waals surface area contributed by atoms with E-state index in [1.54, 1.807) is 26.2 Å². The third-order valence-electron chi connectivity index (χ3n) is 2.41. The lowest BCUT2D eigenvalue weighted by Crippen LogP contribution is -2.02. The summed E-state index contributed by atoms with van der Waals surface area (Å²) in [4.78, 5) is 15.7. The fraction of sp³-hybridized carbons (Fsp3) is 0.231. The Kier molecular flexibility index (Phi) is 4.01. The van der Waals surface area contributed by atoms with Crippen LogP contribution in [0.1, 0.15) is 16.6 Å². The molecule has 1 aromatic carbocycles. The largest absolute Gasteiger partial charge is 0.497 e. The van der Waals surface area contributed by atoms with Gasteiger partial charge in [-0.1, -0.05) is 0 Å². The van der Waals surface area contributed by atoms with E-state index in [2.05, 4.69) is 4.98 Å². The van der Waals surface area contributed by atoms with Crippen LogP contribution in [0.25, 0.3) is 10.6 Å². The van der Waals surface area contributed by atoms with Crippen molar-refractivity contribution in [2.45, 2.75) is 6.92 Å². The molecule has 1 aromatic heterocycles. The normalized spacial score (nSPS) is 10.2. The van der Waals surface area contributed by atoms with Crippen LogP contribution in [0.15, 0.2) is 24.3 Å². The Balaban J connectivity index is 2.30. The first-order valence-electron chi connectivity index (χ1n) is 5.67. The topological polar surface area (TPSA) is 68.7 Å². The zero-order valence-electron chi connectivity index (χ0n) is 10.5. The molecule has 0 saturated heterocycles. The molecule has 0 atom stereocenters. The number of hydrogen-bond donors (Lipinski definition) is 1. The molecule has 100 valence electrons. The van der Waals surface area contributed by atoms with Gasteiger partial charge in [0.05, 0.1) is 13.7 Å². The van der Waals surface area contributed by atoms with Crippen molar-refractivity contribution in [1.82, 2.24) is 4.98 Å². The van der Waals surface area contributed by atoms with Gasteiger partial charge in [0.2, 0.25) is 5.88 Å². The van der Waals surface area contributed by atoms with Crippen molar-refractivity contribution in [3.05, 3.63) is 29.1 Å². The second-order valence-corrected chi connectivity index (χ2v) is 4.62. The highest BCUT2D eigenvalue weighted by Crippen LogP contribution is 2.32.